The summed E-state index contributed by atoms with van der Waals surface area (Å²) in [6.45, 7) is 0. The molecule has 2 rings (SSSR count). The number of hydrogen-bond donors (Lipinski definition) is 1. The van der Waals surface area contributed by atoms with Crippen LogP contribution in [0.15, 0.2) is 11.6 Å². The molecule has 0 bridgehead atoms. The van der Waals surface area contributed by atoms with Gasteiger partial charge in [-0.1, -0.05) is 38.2 Å². The van der Waals surface area contributed by atoms with Crippen molar-refractivity contribution >= 4 is 0 Å². The van der Waals surface area contributed by atoms with Gasteiger partial charge in [-0.25, -0.2) is 0 Å². The van der Waals surface area contributed by atoms with Crippen LogP contribution in [0.25, 0.3) is 0 Å². The van der Waals surface area contributed by atoms with Gasteiger partial charge in [0.15, 0.2) is 0 Å². The van der Waals surface area contributed by atoms with Crippen LogP contribution in [0.2, 0.25) is 0 Å². The molecule has 2 aliphatic rings. The molecule has 0 radical (unpaired) electrons. The maximum Gasteiger partial charge on any atom is 0.0778 e. The average Bonchev–Trinajstić information content (AvgIpc) is 2.68. The van der Waals surface area contributed by atoms with Gasteiger partial charge in [-0.3, -0.25) is 0 Å². The zero-order valence-electron chi connectivity index (χ0n) is 9.75. The first kappa shape index (κ1) is 11.2. The predicted octanol–water partition coefficient (Wildman–Crippen LogP) is 3.82. The maximum atomic E-state index is 10.3. The summed E-state index contributed by atoms with van der Waals surface area (Å²) < 4.78 is 0. The lowest BCUT2D eigenvalue weighted by atomic mass is 9.84. The number of hydrogen-bond acceptors (Lipinski definition) is 1. The van der Waals surface area contributed by atoms with E-state index in [4.69, 9.17) is 0 Å². The quantitative estimate of drug-likeness (QED) is 0.684. The van der Waals surface area contributed by atoms with Crippen LogP contribution in [0, 0.1) is 5.92 Å². The third-order valence-corrected chi connectivity index (χ3v) is 4.05. The highest BCUT2D eigenvalue weighted by Crippen LogP contribution is 2.31. The number of aliphatic hydroxyl groups excluding tert-OH is 1. The van der Waals surface area contributed by atoms with Crippen molar-refractivity contribution in [3.63, 3.8) is 0 Å². The van der Waals surface area contributed by atoms with Crippen molar-refractivity contribution in [1.29, 1.82) is 0 Å². The molecule has 0 spiro atoms. The van der Waals surface area contributed by atoms with E-state index in [1.165, 1.54) is 63.4 Å². The third kappa shape index (κ3) is 3.07. The Kier molecular flexibility index (Phi) is 4.25. The maximum absolute atomic E-state index is 10.3. The number of allylic oxidation sites excluding steroid dienone is 1. The number of aliphatic hydroxyl groups is 1. The molecular weight excluding hydrogens is 184 g/mol. The Bertz CT molecular complexity index is 211. The first-order chi connectivity index (χ1) is 7.38. The van der Waals surface area contributed by atoms with Gasteiger partial charge in [0.1, 0.15) is 0 Å². The van der Waals surface area contributed by atoms with Gasteiger partial charge in [-0.2, -0.15) is 0 Å². The molecule has 0 amide bonds. The minimum absolute atomic E-state index is 0.106. The van der Waals surface area contributed by atoms with E-state index < -0.39 is 0 Å². The third-order valence-electron chi connectivity index (χ3n) is 4.05. The first-order valence-electron chi connectivity index (χ1n) is 6.75. The minimum Gasteiger partial charge on any atom is -0.388 e. The molecule has 86 valence electrons. The van der Waals surface area contributed by atoms with Crippen molar-refractivity contribution in [2.75, 3.05) is 0 Å². The summed E-state index contributed by atoms with van der Waals surface area (Å²) in [7, 11) is 0. The van der Waals surface area contributed by atoms with Crippen molar-refractivity contribution in [1.82, 2.24) is 0 Å². The van der Waals surface area contributed by atoms with Gasteiger partial charge in [-0.05, 0) is 43.6 Å². The molecule has 0 aromatic heterocycles. The molecule has 0 heterocycles. The van der Waals surface area contributed by atoms with E-state index in [9.17, 15) is 5.11 Å². The fraction of sp³-hybridized carbons (Fsp3) is 0.857. The van der Waals surface area contributed by atoms with Crippen LogP contribution in [-0.2, 0) is 0 Å². The fourth-order valence-electron chi connectivity index (χ4n) is 3.07. The lowest BCUT2D eigenvalue weighted by molar-refractivity contribution is 0.120. The van der Waals surface area contributed by atoms with Gasteiger partial charge in [0.05, 0.1) is 6.10 Å². The van der Waals surface area contributed by atoms with E-state index in [-0.39, 0.29) is 6.10 Å². The van der Waals surface area contributed by atoms with E-state index in [1.54, 1.807) is 0 Å². The van der Waals surface area contributed by atoms with Crippen LogP contribution in [0.4, 0.5) is 0 Å². The van der Waals surface area contributed by atoms with E-state index >= 15 is 0 Å². The highest BCUT2D eigenvalue weighted by Gasteiger charge is 2.24. The van der Waals surface area contributed by atoms with Gasteiger partial charge < -0.3 is 5.11 Å². The molecule has 1 N–H and O–H groups in total. The molecule has 0 saturated heterocycles. The van der Waals surface area contributed by atoms with Gasteiger partial charge in [0.2, 0.25) is 0 Å². The van der Waals surface area contributed by atoms with Gasteiger partial charge in [0.25, 0.3) is 0 Å². The standard InChI is InChI=1S/C14H24O/c15-14(13-10-6-7-11-13)12-8-4-2-1-3-5-9-12/h10,12,14-15H,1-9,11H2. The van der Waals surface area contributed by atoms with E-state index in [0.29, 0.717) is 5.92 Å². The largest absolute Gasteiger partial charge is 0.388 e. The monoisotopic (exact) mass is 208 g/mol. The molecule has 15 heavy (non-hydrogen) atoms. The van der Waals surface area contributed by atoms with Crippen LogP contribution in [-0.4, -0.2) is 11.2 Å². The second-order valence-corrected chi connectivity index (χ2v) is 5.22. The van der Waals surface area contributed by atoms with Crippen LogP contribution < -0.4 is 0 Å². The van der Waals surface area contributed by atoms with Crippen LogP contribution in [0.1, 0.15) is 64.2 Å². The Hall–Kier alpha value is -0.300. The van der Waals surface area contributed by atoms with Crippen LogP contribution in [0.5, 0.6) is 0 Å². The molecule has 1 unspecified atom stereocenters. The second kappa shape index (κ2) is 5.69. The Balaban J connectivity index is 1.88. The highest BCUT2D eigenvalue weighted by molar-refractivity contribution is 5.13. The summed E-state index contributed by atoms with van der Waals surface area (Å²) in [6.07, 6.45) is 15.1. The fourth-order valence-corrected chi connectivity index (χ4v) is 3.07. The number of rotatable bonds is 2. The predicted molar refractivity (Wildman–Crippen MR) is 63.7 cm³/mol. The SMILES string of the molecule is OC(C1=CCCC1)C1CCCCCCC1. The lowest BCUT2D eigenvalue weighted by Crippen LogP contribution is -2.23. The lowest BCUT2D eigenvalue weighted by Gasteiger charge is -2.25. The van der Waals surface area contributed by atoms with Gasteiger partial charge >= 0.3 is 0 Å². The van der Waals surface area contributed by atoms with Gasteiger partial charge in [-0.15, -0.1) is 0 Å². The summed E-state index contributed by atoms with van der Waals surface area (Å²) in [5.41, 5.74) is 1.35. The van der Waals surface area contributed by atoms with E-state index in [1.807, 2.05) is 0 Å². The van der Waals surface area contributed by atoms with Crippen molar-refractivity contribution in [3.05, 3.63) is 11.6 Å². The molecule has 0 aromatic rings. The van der Waals surface area contributed by atoms with Crippen molar-refractivity contribution in [2.45, 2.75) is 70.3 Å². The van der Waals surface area contributed by atoms with E-state index in [0.717, 1.165) is 6.42 Å². The van der Waals surface area contributed by atoms with E-state index in [2.05, 4.69) is 6.08 Å². The zero-order valence-corrected chi connectivity index (χ0v) is 9.75. The Labute approximate surface area is 93.6 Å². The topological polar surface area (TPSA) is 20.2 Å². The molecular formula is C14H24O. The molecule has 1 heteroatoms. The molecule has 1 atom stereocenters. The summed E-state index contributed by atoms with van der Waals surface area (Å²) in [5, 5.41) is 10.3. The van der Waals surface area contributed by atoms with Crippen molar-refractivity contribution in [3.8, 4) is 0 Å². The Morgan fingerprint density at radius 3 is 2.27 bits per heavy atom. The highest BCUT2D eigenvalue weighted by atomic mass is 16.3. The molecule has 1 nitrogen and oxygen atoms in total. The van der Waals surface area contributed by atoms with Crippen molar-refractivity contribution < 1.29 is 5.11 Å². The normalized spacial score (nSPS) is 26.9. The summed E-state index contributed by atoms with van der Waals surface area (Å²) in [4.78, 5) is 0. The van der Waals surface area contributed by atoms with Crippen LogP contribution in [0.3, 0.4) is 0 Å². The summed E-state index contributed by atoms with van der Waals surface area (Å²) in [6, 6.07) is 0. The average molecular weight is 208 g/mol. The molecule has 1 saturated carbocycles. The Morgan fingerprint density at radius 1 is 1.00 bits per heavy atom. The van der Waals surface area contributed by atoms with Crippen LogP contribution >= 0.6 is 0 Å². The zero-order chi connectivity index (χ0) is 10.5. The second-order valence-electron chi connectivity index (χ2n) is 5.22. The molecule has 0 aromatic carbocycles. The smallest absolute Gasteiger partial charge is 0.0778 e. The molecule has 2 aliphatic carbocycles. The Morgan fingerprint density at radius 2 is 1.67 bits per heavy atom. The summed E-state index contributed by atoms with van der Waals surface area (Å²) >= 11 is 0. The molecule has 1 fully saturated rings. The van der Waals surface area contributed by atoms with Gasteiger partial charge in [0, 0.05) is 0 Å². The minimum atomic E-state index is -0.106. The first-order valence-corrected chi connectivity index (χ1v) is 6.75. The molecule has 0 aliphatic heterocycles. The summed E-state index contributed by atoms with van der Waals surface area (Å²) in [5.74, 6) is 0.564. The van der Waals surface area contributed by atoms with Crippen molar-refractivity contribution in [2.24, 2.45) is 5.92 Å².